The van der Waals surface area contributed by atoms with Gasteiger partial charge in [-0.15, -0.1) is 12.4 Å². The number of esters is 2. The molecule has 0 aromatic heterocycles. The van der Waals surface area contributed by atoms with Crippen molar-refractivity contribution in [1.29, 1.82) is 0 Å². The number of carbonyl (C=O) groups excluding carboxylic acids is 2. The molecule has 49 heavy (non-hydrogen) atoms. The highest BCUT2D eigenvalue weighted by atomic mass is 35.5. The van der Waals surface area contributed by atoms with Crippen molar-refractivity contribution in [2.24, 2.45) is 0 Å². The van der Waals surface area contributed by atoms with Gasteiger partial charge in [0.15, 0.2) is 0 Å². The molecule has 0 saturated carbocycles. The van der Waals surface area contributed by atoms with Crippen LogP contribution in [0.5, 0.6) is 0 Å². The Morgan fingerprint density at radius 2 is 0.714 bits per heavy atom. The Balaban J connectivity index is 0.0000230. The maximum absolute atomic E-state index is 12.7. The first-order chi connectivity index (χ1) is 23.3. The molecule has 1 aromatic carbocycles. The van der Waals surface area contributed by atoms with Crippen LogP contribution < -0.4 is 0 Å². The van der Waals surface area contributed by atoms with Gasteiger partial charge in [0.1, 0.15) is 0 Å². The molecule has 0 unspecified atom stereocenters. The fourth-order valence-corrected chi connectivity index (χ4v) is 6.63. The molecule has 0 saturated heterocycles. The van der Waals surface area contributed by atoms with Gasteiger partial charge in [0.25, 0.3) is 10.1 Å². The van der Waals surface area contributed by atoms with Crippen LogP contribution >= 0.6 is 12.4 Å². The fourth-order valence-electron chi connectivity index (χ4n) is 6.07. The van der Waals surface area contributed by atoms with Crippen molar-refractivity contribution in [2.75, 3.05) is 13.2 Å². The fraction of sp³-hybridized carbons (Fsp3) is 0.800. The van der Waals surface area contributed by atoms with E-state index >= 15 is 0 Å². The van der Waals surface area contributed by atoms with Crippen LogP contribution in [0.1, 0.15) is 214 Å². The van der Waals surface area contributed by atoms with Crippen LogP contribution in [-0.4, -0.2) is 38.1 Å². The number of benzene rings is 1. The molecule has 9 heteroatoms. The lowest BCUT2D eigenvalue weighted by Gasteiger charge is -2.10. The molecule has 0 aliphatic carbocycles. The van der Waals surface area contributed by atoms with Crippen molar-refractivity contribution >= 4 is 34.5 Å². The Kier molecular flexibility index (Phi) is 31.2. The summed E-state index contributed by atoms with van der Waals surface area (Å²) in [5, 5.41) is 0. The third-order valence-corrected chi connectivity index (χ3v) is 9.97. The number of rotatable bonds is 33. The molecular formula is C40H71ClO7S. The molecule has 0 spiro atoms. The summed E-state index contributed by atoms with van der Waals surface area (Å²) >= 11 is 0. The predicted molar refractivity (Wildman–Crippen MR) is 205 cm³/mol. The van der Waals surface area contributed by atoms with Crippen LogP contribution in [0, 0.1) is 0 Å². The number of unbranched alkanes of at least 4 members (excludes halogenated alkanes) is 26. The minimum absolute atomic E-state index is 0. The van der Waals surface area contributed by atoms with E-state index in [0.717, 1.165) is 50.7 Å². The summed E-state index contributed by atoms with van der Waals surface area (Å²) < 4.78 is 44.0. The number of hydrogen-bond donors (Lipinski definition) is 1. The number of hydrogen-bond acceptors (Lipinski definition) is 6. The Morgan fingerprint density at radius 3 is 0.959 bits per heavy atom. The van der Waals surface area contributed by atoms with Crippen molar-refractivity contribution in [3.05, 3.63) is 29.3 Å². The van der Waals surface area contributed by atoms with Crippen LogP contribution in [0.15, 0.2) is 23.1 Å². The second-order valence-electron chi connectivity index (χ2n) is 13.7. The topological polar surface area (TPSA) is 107 Å². The summed E-state index contributed by atoms with van der Waals surface area (Å²) in [4.78, 5) is 24.8. The normalized spacial score (nSPS) is 11.3. The minimum Gasteiger partial charge on any atom is -0.462 e. The van der Waals surface area contributed by atoms with E-state index in [4.69, 9.17) is 9.47 Å². The lowest BCUT2D eigenvalue weighted by Crippen LogP contribution is -2.13. The highest BCUT2D eigenvalue weighted by molar-refractivity contribution is 7.85. The Bertz CT molecular complexity index is 996. The van der Waals surface area contributed by atoms with Gasteiger partial charge in [0, 0.05) is 0 Å². The Hall–Kier alpha value is -1.64. The summed E-state index contributed by atoms with van der Waals surface area (Å²) in [6.45, 7) is 4.93. The first kappa shape index (κ1) is 47.4. The lowest BCUT2D eigenvalue weighted by atomic mass is 10.0. The average Bonchev–Trinajstić information content (AvgIpc) is 3.07. The highest BCUT2D eigenvalue weighted by Crippen LogP contribution is 2.19. The average molecular weight is 732 g/mol. The van der Waals surface area contributed by atoms with Crippen LogP contribution in [0.3, 0.4) is 0 Å². The van der Waals surface area contributed by atoms with Gasteiger partial charge in [-0.25, -0.2) is 9.59 Å². The number of carbonyl (C=O) groups is 2. The molecule has 0 amide bonds. The van der Waals surface area contributed by atoms with Crippen LogP contribution in [0.4, 0.5) is 0 Å². The molecule has 0 fully saturated rings. The van der Waals surface area contributed by atoms with Gasteiger partial charge in [-0.1, -0.05) is 181 Å². The largest absolute Gasteiger partial charge is 0.462 e. The molecule has 0 atom stereocenters. The van der Waals surface area contributed by atoms with Crippen molar-refractivity contribution in [3.8, 4) is 0 Å². The van der Waals surface area contributed by atoms with E-state index in [-0.39, 0.29) is 36.7 Å². The summed E-state index contributed by atoms with van der Waals surface area (Å²) in [5.74, 6) is -1.45. The molecule has 7 nitrogen and oxygen atoms in total. The lowest BCUT2D eigenvalue weighted by molar-refractivity contribution is 0.0495. The standard InChI is InChI=1S/C40H70O7S.ClH/c1-3-5-7-9-11-13-15-17-19-21-23-25-27-29-31-46-39(41)36-33-37(35-38(34-36)48(43,44)45)40(42)47-32-30-28-26-24-22-20-18-16-14-12-10-8-6-4-2;/h33-35H,3-32H2,1-2H3,(H,43,44,45);1H. The van der Waals surface area contributed by atoms with Gasteiger partial charge >= 0.3 is 11.9 Å². The van der Waals surface area contributed by atoms with Gasteiger partial charge in [0.05, 0.1) is 29.2 Å². The van der Waals surface area contributed by atoms with E-state index in [1.54, 1.807) is 0 Å². The second kappa shape index (κ2) is 32.3. The number of ether oxygens (including phenoxy) is 2. The van der Waals surface area contributed by atoms with Gasteiger partial charge in [-0.3, -0.25) is 4.55 Å². The monoisotopic (exact) mass is 730 g/mol. The smallest absolute Gasteiger partial charge is 0.338 e. The molecule has 286 valence electrons. The molecule has 1 N–H and O–H groups in total. The van der Waals surface area contributed by atoms with Gasteiger partial charge in [-0.2, -0.15) is 8.42 Å². The van der Waals surface area contributed by atoms with E-state index in [1.165, 1.54) is 147 Å². The highest BCUT2D eigenvalue weighted by Gasteiger charge is 2.20. The molecule has 1 rings (SSSR count). The molecule has 0 heterocycles. The zero-order valence-electron chi connectivity index (χ0n) is 31.2. The van der Waals surface area contributed by atoms with Crippen molar-refractivity contribution in [1.82, 2.24) is 0 Å². The summed E-state index contributed by atoms with van der Waals surface area (Å²) in [6, 6.07) is 3.34. The predicted octanol–water partition coefficient (Wildman–Crippen LogP) is 12.6. The summed E-state index contributed by atoms with van der Waals surface area (Å²) in [6.07, 6.45) is 34.4. The number of halogens is 1. The molecule has 0 aliphatic rings. The quantitative estimate of drug-likeness (QED) is 0.0436. The zero-order valence-corrected chi connectivity index (χ0v) is 32.8. The van der Waals surface area contributed by atoms with Crippen LogP contribution in [0.25, 0.3) is 0 Å². The third-order valence-electron chi connectivity index (χ3n) is 9.14. The Morgan fingerprint density at radius 1 is 0.469 bits per heavy atom. The van der Waals surface area contributed by atoms with Crippen molar-refractivity contribution in [3.63, 3.8) is 0 Å². The first-order valence-corrected chi connectivity index (χ1v) is 21.2. The summed E-state index contributed by atoms with van der Waals surface area (Å²) in [7, 11) is -4.63. The van der Waals surface area contributed by atoms with Gasteiger partial charge in [0.2, 0.25) is 0 Å². The van der Waals surface area contributed by atoms with Crippen LogP contribution in [-0.2, 0) is 19.6 Å². The van der Waals surface area contributed by atoms with E-state index in [2.05, 4.69) is 13.8 Å². The molecular weight excluding hydrogens is 660 g/mol. The van der Waals surface area contributed by atoms with Gasteiger partial charge in [-0.05, 0) is 31.0 Å². The molecule has 1 aromatic rings. The SMILES string of the molecule is CCCCCCCCCCCCCCCCOC(=O)c1cc(C(=O)OCCCCCCCCCCCCCCCC)cc(S(=O)(=O)O)c1.Cl. The van der Waals surface area contributed by atoms with Crippen molar-refractivity contribution < 1.29 is 32.0 Å². The molecule has 0 aliphatic heterocycles. The second-order valence-corrected chi connectivity index (χ2v) is 15.1. The molecule has 0 bridgehead atoms. The zero-order chi connectivity index (χ0) is 35.1. The van der Waals surface area contributed by atoms with Crippen molar-refractivity contribution in [2.45, 2.75) is 199 Å². The van der Waals surface area contributed by atoms with E-state index in [0.29, 0.717) is 0 Å². The van der Waals surface area contributed by atoms with Crippen LogP contribution in [0.2, 0.25) is 0 Å². The van der Waals surface area contributed by atoms with E-state index in [9.17, 15) is 22.6 Å². The maximum Gasteiger partial charge on any atom is 0.338 e. The van der Waals surface area contributed by atoms with Gasteiger partial charge < -0.3 is 9.47 Å². The first-order valence-electron chi connectivity index (χ1n) is 19.8. The summed E-state index contributed by atoms with van der Waals surface area (Å²) in [5.41, 5.74) is -0.196. The Labute approximate surface area is 306 Å². The van der Waals surface area contributed by atoms with E-state index < -0.39 is 27.0 Å². The molecule has 0 radical (unpaired) electrons. The minimum atomic E-state index is -4.63. The van der Waals surface area contributed by atoms with E-state index in [1.807, 2.05) is 0 Å². The third kappa shape index (κ3) is 26.8. The maximum atomic E-state index is 12.7.